The molecule has 5 rings (SSSR count). The van der Waals surface area contributed by atoms with Crippen LogP contribution in [0.4, 0.5) is 5.82 Å². The second kappa shape index (κ2) is 3.93. The number of fused-ring (bicyclic) bond motifs is 3. The molecule has 2 fully saturated rings. The summed E-state index contributed by atoms with van der Waals surface area (Å²) >= 11 is 0. The molecule has 0 bridgehead atoms. The van der Waals surface area contributed by atoms with Gasteiger partial charge in [0.25, 0.3) is 0 Å². The minimum Gasteiger partial charge on any atom is -0.327 e. The van der Waals surface area contributed by atoms with Gasteiger partial charge in [-0.25, -0.2) is 0 Å². The van der Waals surface area contributed by atoms with E-state index in [-0.39, 0.29) is 11.9 Å². The fraction of sp³-hybridized carbons (Fsp3) is 0.353. The number of nitrogens with zero attached hydrogens (tertiary/aromatic N) is 2. The molecule has 1 aliphatic heterocycles. The number of nitrogens with two attached hydrogens (primary N) is 1. The highest BCUT2D eigenvalue weighted by Gasteiger charge is 2.65. The summed E-state index contributed by atoms with van der Waals surface area (Å²) in [6.07, 6.45) is 1.69. The smallest absolute Gasteiger partial charge is 0.236 e. The molecule has 2 aromatic rings. The Balaban J connectivity index is 1.61. The van der Waals surface area contributed by atoms with Gasteiger partial charge < -0.3 is 11.1 Å². The van der Waals surface area contributed by atoms with E-state index in [1.165, 1.54) is 0 Å². The standard InChI is InChI=1S/C17H16N4O/c18-14-10-7-17(8-11(10)14)12-6-13(9-4-2-1-3-5-9)20-21-15(12)19-16(17)22/h1-6,10-11,14H,7-8,18H2,(H,19,21,22). The molecule has 2 unspecified atom stereocenters. The lowest BCUT2D eigenvalue weighted by molar-refractivity contribution is -0.121. The van der Waals surface area contributed by atoms with Crippen LogP contribution in [0.25, 0.3) is 11.3 Å². The monoisotopic (exact) mass is 292 g/mol. The summed E-state index contributed by atoms with van der Waals surface area (Å²) in [5.41, 5.74) is 8.46. The number of hydrogen-bond acceptors (Lipinski definition) is 4. The summed E-state index contributed by atoms with van der Waals surface area (Å²) in [6, 6.07) is 12.3. The van der Waals surface area contributed by atoms with Crippen LogP contribution < -0.4 is 11.1 Å². The van der Waals surface area contributed by atoms with Crippen molar-refractivity contribution >= 4 is 11.7 Å². The van der Waals surface area contributed by atoms with Crippen molar-refractivity contribution in [2.45, 2.75) is 24.3 Å². The number of aromatic nitrogens is 2. The van der Waals surface area contributed by atoms with Crippen molar-refractivity contribution in [1.29, 1.82) is 0 Å². The Kier molecular flexibility index (Phi) is 2.19. The molecule has 0 radical (unpaired) electrons. The van der Waals surface area contributed by atoms with E-state index in [1.54, 1.807) is 0 Å². The van der Waals surface area contributed by atoms with E-state index < -0.39 is 5.41 Å². The zero-order valence-corrected chi connectivity index (χ0v) is 12.0. The van der Waals surface area contributed by atoms with Crippen LogP contribution in [0.5, 0.6) is 0 Å². The van der Waals surface area contributed by atoms with Gasteiger partial charge in [0.2, 0.25) is 5.91 Å². The molecule has 22 heavy (non-hydrogen) atoms. The van der Waals surface area contributed by atoms with Crippen molar-refractivity contribution in [1.82, 2.24) is 10.2 Å². The quantitative estimate of drug-likeness (QED) is 0.838. The first-order valence-electron chi connectivity index (χ1n) is 7.70. The van der Waals surface area contributed by atoms with Gasteiger partial charge >= 0.3 is 0 Å². The molecule has 2 saturated carbocycles. The molecule has 1 aromatic heterocycles. The Labute approximate surface area is 127 Å². The average Bonchev–Trinajstić information content (AvgIpc) is 2.90. The van der Waals surface area contributed by atoms with E-state index in [1.807, 2.05) is 36.4 Å². The molecule has 3 aliphatic rings. The van der Waals surface area contributed by atoms with Gasteiger partial charge in [0, 0.05) is 17.2 Å². The number of hydrogen-bond donors (Lipinski definition) is 2. The van der Waals surface area contributed by atoms with Gasteiger partial charge in [-0.3, -0.25) is 4.79 Å². The highest BCUT2D eigenvalue weighted by molar-refractivity contribution is 6.06. The first-order chi connectivity index (χ1) is 10.7. The molecule has 5 heteroatoms. The number of benzene rings is 1. The van der Waals surface area contributed by atoms with Gasteiger partial charge in [-0.15, -0.1) is 10.2 Å². The third kappa shape index (κ3) is 1.44. The summed E-state index contributed by atoms with van der Waals surface area (Å²) in [5.74, 6) is 1.68. The molecule has 2 heterocycles. The van der Waals surface area contributed by atoms with Gasteiger partial charge in [0.15, 0.2) is 5.82 Å². The van der Waals surface area contributed by atoms with Gasteiger partial charge in [-0.05, 0) is 30.7 Å². The molecule has 1 spiro atoms. The van der Waals surface area contributed by atoms with E-state index >= 15 is 0 Å². The van der Waals surface area contributed by atoms with Gasteiger partial charge in [-0.1, -0.05) is 30.3 Å². The summed E-state index contributed by atoms with van der Waals surface area (Å²) in [4.78, 5) is 12.6. The van der Waals surface area contributed by atoms with Crippen LogP contribution in [0.1, 0.15) is 18.4 Å². The summed E-state index contributed by atoms with van der Waals surface area (Å²) in [6.45, 7) is 0. The van der Waals surface area contributed by atoms with Crippen LogP contribution in [-0.2, 0) is 10.2 Å². The highest BCUT2D eigenvalue weighted by atomic mass is 16.2. The fourth-order valence-corrected chi connectivity index (χ4v) is 4.29. The molecular weight excluding hydrogens is 276 g/mol. The van der Waals surface area contributed by atoms with Crippen LogP contribution in [0.3, 0.4) is 0 Å². The Morgan fingerprint density at radius 1 is 1.14 bits per heavy atom. The maximum Gasteiger partial charge on any atom is 0.236 e. The molecular formula is C17H16N4O. The SMILES string of the molecule is NC1C2CC3(CC12)C(=O)Nc1nnc(-c2ccccc2)cc13. The van der Waals surface area contributed by atoms with Crippen LogP contribution in [-0.4, -0.2) is 22.1 Å². The Morgan fingerprint density at radius 2 is 1.86 bits per heavy atom. The molecule has 1 aromatic carbocycles. The van der Waals surface area contributed by atoms with E-state index in [2.05, 4.69) is 15.5 Å². The predicted molar refractivity (Wildman–Crippen MR) is 82.0 cm³/mol. The maximum atomic E-state index is 12.6. The van der Waals surface area contributed by atoms with Gasteiger partial charge in [-0.2, -0.15) is 0 Å². The van der Waals surface area contributed by atoms with Crippen molar-refractivity contribution < 1.29 is 4.79 Å². The number of amides is 1. The Morgan fingerprint density at radius 3 is 2.59 bits per heavy atom. The number of anilines is 1. The molecule has 2 atom stereocenters. The number of nitrogens with one attached hydrogen (secondary N) is 1. The van der Waals surface area contributed by atoms with E-state index in [0.717, 1.165) is 29.7 Å². The maximum absolute atomic E-state index is 12.6. The molecule has 1 amide bonds. The van der Waals surface area contributed by atoms with E-state index in [4.69, 9.17) is 5.73 Å². The van der Waals surface area contributed by atoms with Crippen molar-refractivity contribution in [3.8, 4) is 11.3 Å². The molecule has 5 nitrogen and oxygen atoms in total. The van der Waals surface area contributed by atoms with Crippen molar-refractivity contribution in [2.24, 2.45) is 17.6 Å². The highest BCUT2D eigenvalue weighted by Crippen LogP contribution is 2.62. The Hall–Kier alpha value is -2.27. The topological polar surface area (TPSA) is 80.9 Å². The number of carbonyl (C=O) groups is 1. The largest absolute Gasteiger partial charge is 0.327 e. The van der Waals surface area contributed by atoms with Crippen molar-refractivity contribution in [2.75, 3.05) is 5.32 Å². The van der Waals surface area contributed by atoms with Gasteiger partial charge in [0.05, 0.1) is 11.1 Å². The van der Waals surface area contributed by atoms with Crippen molar-refractivity contribution in [3.63, 3.8) is 0 Å². The lowest BCUT2D eigenvalue weighted by atomic mass is 9.77. The Bertz CT molecular complexity index is 777. The van der Waals surface area contributed by atoms with E-state index in [9.17, 15) is 4.79 Å². The minimum atomic E-state index is -0.431. The average molecular weight is 292 g/mol. The normalized spacial score (nSPS) is 34.4. The summed E-state index contributed by atoms with van der Waals surface area (Å²) < 4.78 is 0. The van der Waals surface area contributed by atoms with Crippen LogP contribution >= 0.6 is 0 Å². The molecule has 110 valence electrons. The predicted octanol–water partition coefficient (Wildman–Crippen LogP) is 1.70. The van der Waals surface area contributed by atoms with Crippen LogP contribution in [0.2, 0.25) is 0 Å². The summed E-state index contributed by atoms with van der Waals surface area (Å²) in [5, 5.41) is 11.4. The van der Waals surface area contributed by atoms with Gasteiger partial charge in [0.1, 0.15) is 0 Å². The molecule has 2 aliphatic carbocycles. The number of carbonyl (C=O) groups excluding carboxylic acids is 1. The first kappa shape index (κ1) is 12.3. The zero-order valence-electron chi connectivity index (χ0n) is 12.0. The van der Waals surface area contributed by atoms with E-state index in [0.29, 0.717) is 17.7 Å². The lowest BCUT2D eigenvalue weighted by Crippen LogP contribution is -2.35. The lowest BCUT2D eigenvalue weighted by Gasteiger charge is -2.24. The minimum absolute atomic E-state index is 0.0708. The third-order valence-electron chi connectivity index (χ3n) is 5.61. The summed E-state index contributed by atoms with van der Waals surface area (Å²) in [7, 11) is 0. The molecule has 3 N–H and O–H groups in total. The third-order valence-corrected chi connectivity index (χ3v) is 5.61. The molecule has 0 saturated heterocycles. The van der Waals surface area contributed by atoms with Crippen LogP contribution in [0.15, 0.2) is 36.4 Å². The van der Waals surface area contributed by atoms with Crippen molar-refractivity contribution in [3.05, 3.63) is 42.0 Å². The van der Waals surface area contributed by atoms with Crippen LogP contribution in [0, 0.1) is 11.8 Å². The second-order valence-corrected chi connectivity index (χ2v) is 6.71. The second-order valence-electron chi connectivity index (χ2n) is 6.71. The zero-order chi connectivity index (χ0) is 14.9. The fourth-order valence-electron chi connectivity index (χ4n) is 4.29. The number of rotatable bonds is 1. The first-order valence-corrected chi connectivity index (χ1v) is 7.70.